The van der Waals surface area contributed by atoms with Crippen LogP contribution < -0.4 is 11.5 Å². The molecule has 0 aromatic heterocycles. The van der Waals surface area contributed by atoms with Gasteiger partial charge in [-0.3, -0.25) is 0 Å². The molecule has 0 unspecified atom stereocenters. The fourth-order valence-electron chi connectivity index (χ4n) is 5.56. The third-order valence-electron chi connectivity index (χ3n) is 7.26. The number of benzene rings is 7. The Morgan fingerprint density at radius 1 is 0.389 bits per heavy atom. The van der Waals surface area contributed by atoms with E-state index in [1.165, 1.54) is 48.7 Å². The van der Waals surface area contributed by atoms with Crippen LogP contribution in [0.25, 0.3) is 65.3 Å². The molecule has 4 N–H and O–H groups in total. The number of hydrogen-bond acceptors (Lipinski definition) is 2. The van der Waals surface area contributed by atoms with Gasteiger partial charge in [0.05, 0.1) is 0 Å². The summed E-state index contributed by atoms with van der Waals surface area (Å²) in [5.41, 5.74) is 18.5. The van der Waals surface area contributed by atoms with Crippen LogP contribution in [0, 0.1) is 0 Å². The van der Waals surface area contributed by atoms with Gasteiger partial charge in [-0.25, -0.2) is 0 Å². The second kappa shape index (κ2) is 7.86. The van der Waals surface area contributed by atoms with Gasteiger partial charge in [-0.1, -0.05) is 84.9 Å². The summed E-state index contributed by atoms with van der Waals surface area (Å²) in [6.45, 7) is 0. The molecular formula is C34H24N2. The average molecular weight is 461 g/mol. The van der Waals surface area contributed by atoms with Crippen molar-refractivity contribution in [2.45, 2.75) is 0 Å². The lowest BCUT2D eigenvalue weighted by Gasteiger charge is -2.16. The summed E-state index contributed by atoms with van der Waals surface area (Å²) >= 11 is 0. The first-order valence-electron chi connectivity index (χ1n) is 12.2. The smallest absolute Gasteiger partial charge is 0.0399 e. The van der Waals surface area contributed by atoms with Crippen LogP contribution in [0.1, 0.15) is 0 Å². The molecule has 0 radical (unpaired) electrons. The minimum absolute atomic E-state index is 0.732. The highest BCUT2D eigenvalue weighted by Gasteiger charge is 2.14. The van der Waals surface area contributed by atoms with E-state index in [4.69, 9.17) is 11.5 Å². The highest BCUT2D eigenvalue weighted by Crippen LogP contribution is 2.41. The topological polar surface area (TPSA) is 52.0 Å². The zero-order valence-corrected chi connectivity index (χ0v) is 19.7. The molecule has 0 aliphatic heterocycles. The molecule has 0 amide bonds. The number of nitrogen functional groups attached to an aromatic ring is 2. The maximum absolute atomic E-state index is 6.64. The van der Waals surface area contributed by atoms with Gasteiger partial charge in [0.15, 0.2) is 0 Å². The lowest BCUT2D eigenvalue weighted by molar-refractivity contribution is 1.60. The highest BCUT2D eigenvalue weighted by atomic mass is 14.6. The quantitative estimate of drug-likeness (QED) is 0.154. The van der Waals surface area contributed by atoms with E-state index in [0.717, 1.165) is 28.1 Å². The number of rotatable bonds is 2. The fraction of sp³-hybridized carbons (Fsp3) is 0. The predicted molar refractivity (Wildman–Crippen MR) is 156 cm³/mol. The maximum Gasteiger partial charge on any atom is 0.0399 e. The molecular weight excluding hydrogens is 436 g/mol. The van der Waals surface area contributed by atoms with Crippen molar-refractivity contribution in [3.63, 3.8) is 0 Å². The first kappa shape index (κ1) is 20.5. The van der Waals surface area contributed by atoms with Gasteiger partial charge < -0.3 is 11.5 Å². The molecule has 0 heterocycles. The average Bonchev–Trinajstić information content (AvgIpc) is 2.90. The standard InChI is InChI=1S/C34H24N2/c35-27-10-5-9-23(17-27)28-14-13-26(20-33(28)36)34-29-11-4-3-8-24(29)19-32-30(34)15-12-25-16-21-6-1-2-7-22(21)18-31(25)32/h1-20H,35-36H2. The number of fused-ring (bicyclic) bond motifs is 5. The van der Waals surface area contributed by atoms with E-state index in [9.17, 15) is 0 Å². The van der Waals surface area contributed by atoms with Crippen molar-refractivity contribution in [2.24, 2.45) is 0 Å². The maximum atomic E-state index is 6.64. The van der Waals surface area contributed by atoms with Crippen LogP contribution in [-0.2, 0) is 0 Å². The van der Waals surface area contributed by atoms with Gasteiger partial charge in [-0.2, -0.15) is 0 Å². The second-order valence-corrected chi connectivity index (χ2v) is 9.48. The zero-order chi connectivity index (χ0) is 24.2. The van der Waals surface area contributed by atoms with E-state index in [-0.39, 0.29) is 0 Å². The molecule has 0 spiro atoms. The van der Waals surface area contributed by atoms with Gasteiger partial charge in [0.2, 0.25) is 0 Å². The van der Waals surface area contributed by atoms with Crippen LogP contribution >= 0.6 is 0 Å². The van der Waals surface area contributed by atoms with E-state index in [1.807, 2.05) is 24.3 Å². The molecule has 170 valence electrons. The molecule has 7 aromatic carbocycles. The van der Waals surface area contributed by atoms with Gasteiger partial charge in [0.1, 0.15) is 0 Å². The third kappa shape index (κ3) is 3.19. The first-order chi connectivity index (χ1) is 17.7. The van der Waals surface area contributed by atoms with Crippen LogP contribution in [0.4, 0.5) is 11.4 Å². The van der Waals surface area contributed by atoms with Crippen molar-refractivity contribution in [1.29, 1.82) is 0 Å². The van der Waals surface area contributed by atoms with Crippen molar-refractivity contribution in [1.82, 2.24) is 0 Å². The largest absolute Gasteiger partial charge is 0.399 e. The van der Waals surface area contributed by atoms with Gasteiger partial charge in [-0.05, 0) is 96.2 Å². The van der Waals surface area contributed by atoms with Crippen molar-refractivity contribution in [3.05, 3.63) is 121 Å². The molecule has 0 fully saturated rings. The lowest BCUT2D eigenvalue weighted by atomic mass is 9.88. The molecule has 36 heavy (non-hydrogen) atoms. The Morgan fingerprint density at radius 3 is 1.92 bits per heavy atom. The Bertz CT molecular complexity index is 1970. The third-order valence-corrected chi connectivity index (χ3v) is 7.26. The highest BCUT2D eigenvalue weighted by molar-refractivity contribution is 6.21. The van der Waals surface area contributed by atoms with Crippen LogP contribution in [0.5, 0.6) is 0 Å². The van der Waals surface area contributed by atoms with E-state index < -0.39 is 0 Å². The van der Waals surface area contributed by atoms with Crippen LogP contribution in [0.3, 0.4) is 0 Å². The monoisotopic (exact) mass is 460 g/mol. The summed E-state index contributed by atoms with van der Waals surface area (Å²) < 4.78 is 0. The lowest BCUT2D eigenvalue weighted by Crippen LogP contribution is -1.93. The number of hydrogen-bond donors (Lipinski definition) is 2. The molecule has 7 aromatic rings. The summed E-state index contributed by atoms with van der Waals surface area (Å²) in [6, 6.07) is 42.9. The van der Waals surface area contributed by atoms with Gasteiger partial charge in [0.25, 0.3) is 0 Å². The van der Waals surface area contributed by atoms with Gasteiger partial charge >= 0.3 is 0 Å². The molecule has 0 bridgehead atoms. The molecule has 2 heteroatoms. The van der Waals surface area contributed by atoms with E-state index >= 15 is 0 Å². The molecule has 2 nitrogen and oxygen atoms in total. The summed E-state index contributed by atoms with van der Waals surface area (Å²) in [6.07, 6.45) is 0. The molecule has 0 atom stereocenters. The van der Waals surface area contributed by atoms with Gasteiger partial charge in [-0.15, -0.1) is 0 Å². The minimum atomic E-state index is 0.732. The Labute approximate surface area is 209 Å². The molecule has 0 aliphatic carbocycles. The van der Waals surface area contributed by atoms with Crippen molar-refractivity contribution in [2.75, 3.05) is 11.5 Å². The van der Waals surface area contributed by atoms with Crippen molar-refractivity contribution >= 4 is 54.5 Å². The van der Waals surface area contributed by atoms with Crippen LogP contribution in [0.2, 0.25) is 0 Å². The summed E-state index contributed by atoms with van der Waals surface area (Å²) in [5.74, 6) is 0. The van der Waals surface area contributed by atoms with E-state index in [1.54, 1.807) is 0 Å². The normalized spacial score (nSPS) is 11.6. The number of nitrogens with two attached hydrogens (primary N) is 2. The van der Waals surface area contributed by atoms with E-state index in [0.29, 0.717) is 0 Å². The fourth-order valence-corrected chi connectivity index (χ4v) is 5.56. The van der Waals surface area contributed by atoms with Crippen LogP contribution in [-0.4, -0.2) is 0 Å². The molecule has 0 saturated heterocycles. The molecule has 0 aliphatic rings. The summed E-state index contributed by atoms with van der Waals surface area (Å²) in [5, 5.41) is 9.96. The van der Waals surface area contributed by atoms with E-state index in [2.05, 4.69) is 97.1 Å². The Hall–Kier alpha value is -4.82. The predicted octanol–water partition coefficient (Wildman–Crippen LogP) is 8.80. The Morgan fingerprint density at radius 2 is 1.11 bits per heavy atom. The summed E-state index contributed by atoms with van der Waals surface area (Å²) in [7, 11) is 0. The zero-order valence-electron chi connectivity index (χ0n) is 19.7. The first-order valence-corrected chi connectivity index (χ1v) is 12.2. The summed E-state index contributed by atoms with van der Waals surface area (Å²) in [4.78, 5) is 0. The van der Waals surface area contributed by atoms with Gasteiger partial charge in [0, 0.05) is 16.9 Å². The van der Waals surface area contributed by atoms with Crippen molar-refractivity contribution in [3.8, 4) is 22.3 Å². The second-order valence-electron chi connectivity index (χ2n) is 9.48. The van der Waals surface area contributed by atoms with Crippen molar-refractivity contribution < 1.29 is 0 Å². The number of anilines is 2. The molecule has 7 rings (SSSR count). The Kier molecular flexibility index (Phi) is 4.49. The molecule has 0 saturated carbocycles. The van der Waals surface area contributed by atoms with Crippen LogP contribution in [0.15, 0.2) is 121 Å². The SMILES string of the molecule is Nc1cccc(-c2ccc(-c3c4ccccc4cc4c3ccc3cc5ccccc5cc34)cc2N)c1. The minimum Gasteiger partial charge on any atom is -0.399 e. The Balaban J connectivity index is 1.54.